The number of sulfonamides is 1. The number of urea groups is 2. The zero-order chi connectivity index (χ0) is 32.1. The van der Waals surface area contributed by atoms with E-state index < -0.39 is 31.9 Å². The Balaban J connectivity index is 1.51. The Hall–Kier alpha value is -5.13. The van der Waals surface area contributed by atoms with Crippen LogP contribution in [0.3, 0.4) is 0 Å². The standard InChI is InChI=1S/C27H32N8O8S/c1-20-2-12-25(13-3-20)44(42,43)30-16-19-33(17-14-28-26(36)31-21-4-8-23(9-5-21)34(38)39)18-15-29-27(37)32-22-6-10-24(11-7-22)35(40)41/h2-13,30H,14-19H2,1H3,(H2,28,31,36)(H2,29,32,37). The van der Waals surface area contributed by atoms with Gasteiger partial charge in [-0.2, -0.15) is 0 Å². The zero-order valence-electron chi connectivity index (χ0n) is 23.7. The van der Waals surface area contributed by atoms with Crippen LogP contribution in [0.15, 0.2) is 77.7 Å². The van der Waals surface area contributed by atoms with E-state index in [9.17, 15) is 38.2 Å². The van der Waals surface area contributed by atoms with Crippen molar-refractivity contribution in [2.24, 2.45) is 0 Å². The number of carbonyl (C=O) groups is 2. The molecule has 0 bridgehead atoms. The molecule has 0 aliphatic carbocycles. The number of anilines is 2. The second kappa shape index (κ2) is 15.9. The first-order valence-electron chi connectivity index (χ1n) is 13.3. The molecule has 234 valence electrons. The average Bonchev–Trinajstić information content (AvgIpc) is 2.97. The number of hydrogen-bond donors (Lipinski definition) is 5. The molecule has 17 heteroatoms. The van der Waals surface area contributed by atoms with Crippen LogP contribution < -0.4 is 26.0 Å². The predicted molar refractivity (Wildman–Crippen MR) is 163 cm³/mol. The lowest BCUT2D eigenvalue weighted by atomic mass is 10.2. The molecule has 0 aliphatic rings. The number of nitrogens with one attached hydrogen (secondary N) is 5. The lowest BCUT2D eigenvalue weighted by molar-refractivity contribution is -0.385. The number of aryl methyl sites for hydroxylation is 1. The van der Waals surface area contributed by atoms with E-state index >= 15 is 0 Å². The number of rotatable bonds is 15. The predicted octanol–water partition coefficient (Wildman–Crippen LogP) is 3.04. The number of non-ortho nitro benzene ring substituents is 2. The molecule has 3 aromatic carbocycles. The molecule has 16 nitrogen and oxygen atoms in total. The van der Waals surface area contributed by atoms with Crippen LogP contribution in [0.5, 0.6) is 0 Å². The Labute approximate surface area is 253 Å². The molecule has 0 saturated heterocycles. The summed E-state index contributed by atoms with van der Waals surface area (Å²) < 4.78 is 27.9. The van der Waals surface area contributed by atoms with Crippen LogP contribution in [0.4, 0.5) is 32.3 Å². The summed E-state index contributed by atoms with van der Waals surface area (Å²) >= 11 is 0. The van der Waals surface area contributed by atoms with E-state index in [0.29, 0.717) is 24.5 Å². The van der Waals surface area contributed by atoms with Crippen LogP contribution in [0.1, 0.15) is 5.56 Å². The van der Waals surface area contributed by atoms with Crippen LogP contribution in [0.25, 0.3) is 0 Å². The van der Waals surface area contributed by atoms with Crippen molar-refractivity contribution in [3.8, 4) is 0 Å². The van der Waals surface area contributed by atoms with Crippen molar-refractivity contribution in [3.05, 3.63) is 98.6 Å². The molecule has 0 aromatic heterocycles. The van der Waals surface area contributed by atoms with Crippen molar-refractivity contribution in [1.82, 2.24) is 20.3 Å². The first-order valence-corrected chi connectivity index (χ1v) is 14.8. The molecule has 0 atom stereocenters. The first-order chi connectivity index (χ1) is 20.9. The van der Waals surface area contributed by atoms with Crippen molar-refractivity contribution in [2.75, 3.05) is 49.9 Å². The highest BCUT2D eigenvalue weighted by Gasteiger charge is 2.15. The second-order valence-corrected chi connectivity index (χ2v) is 11.2. The molecular formula is C27H32N8O8S. The maximum absolute atomic E-state index is 12.7. The number of carbonyl (C=O) groups excluding carboxylic acids is 2. The Bertz CT molecular complexity index is 1470. The Kier molecular flexibility index (Phi) is 12.1. The quantitative estimate of drug-likeness (QED) is 0.123. The number of nitro benzene ring substituents is 2. The van der Waals surface area contributed by atoms with Gasteiger partial charge in [0, 0.05) is 74.9 Å². The molecule has 3 aromatic rings. The number of nitro groups is 2. The molecule has 0 fully saturated rings. The first kappa shape index (κ1) is 33.4. The van der Waals surface area contributed by atoms with E-state index in [4.69, 9.17) is 0 Å². The lowest BCUT2D eigenvalue weighted by Crippen LogP contribution is -2.44. The van der Waals surface area contributed by atoms with Crippen LogP contribution >= 0.6 is 0 Å². The Morgan fingerprint density at radius 2 is 1.09 bits per heavy atom. The van der Waals surface area contributed by atoms with Gasteiger partial charge in [-0.25, -0.2) is 22.7 Å². The number of hydrogen-bond acceptors (Lipinski definition) is 9. The van der Waals surface area contributed by atoms with Gasteiger partial charge in [0.25, 0.3) is 11.4 Å². The van der Waals surface area contributed by atoms with Crippen LogP contribution in [0.2, 0.25) is 0 Å². The summed E-state index contributed by atoms with van der Waals surface area (Å²) in [5, 5.41) is 32.1. The van der Waals surface area contributed by atoms with Gasteiger partial charge in [0.1, 0.15) is 0 Å². The van der Waals surface area contributed by atoms with Crippen molar-refractivity contribution in [3.63, 3.8) is 0 Å². The Morgan fingerprint density at radius 1 is 0.682 bits per heavy atom. The average molecular weight is 629 g/mol. The molecular weight excluding hydrogens is 596 g/mol. The van der Waals surface area contributed by atoms with Crippen LogP contribution in [-0.2, 0) is 10.0 Å². The highest BCUT2D eigenvalue weighted by atomic mass is 32.2. The fraction of sp³-hybridized carbons (Fsp3) is 0.259. The number of amides is 4. The van der Waals surface area contributed by atoms with Gasteiger partial charge in [-0.05, 0) is 43.3 Å². The molecule has 0 spiro atoms. The van der Waals surface area contributed by atoms with Crippen molar-refractivity contribution >= 4 is 44.8 Å². The molecule has 5 N–H and O–H groups in total. The third-order valence-electron chi connectivity index (χ3n) is 6.15. The molecule has 0 aliphatic heterocycles. The van der Waals surface area contributed by atoms with Crippen molar-refractivity contribution in [1.29, 1.82) is 0 Å². The van der Waals surface area contributed by atoms with Gasteiger partial charge in [0.05, 0.1) is 14.7 Å². The van der Waals surface area contributed by atoms with Gasteiger partial charge in [0.2, 0.25) is 10.0 Å². The van der Waals surface area contributed by atoms with E-state index in [1.807, 2.05) is 11.8 Å². The summed E-state index contributed by atoms with van der Waals surface area (Å²) in [6, 6.07) is 16.0. The van der Waals surface area contributed by atoms with Crippen molar-refractivity contribution in [2.45, 2.75) is 11.8 Å². The number of benzene rings is 3. The highest BCUT2D eigenvalue weighted by molar-refractivity contribution is 7.89. The third-order valence-corrected chi connectivity index (χ3v) is 7.63. The van der Waals surface area contributed by atoms with Gasteiger partial charge in [-0.15, -0.1) is 0 Å². The summed E-state index contributed by atoms with van der Waals surface area (Å²) in [6.45, 7) is 3.08. The van der Waals surface area contributed by atoms with Gasteiger partial charge in [0.15, 0.2) is 0 Å². The minimum Gasteiger partial charge on any atom is -0.337 e. The molecule has 4 amide bonds. The van der Waals surface area contributed by atoms with E-state index in [2.05, 4.69) is 26.0 Å². The molecule has 0 heterocycles. The van der Waals surface area contributed by atoms with Gasteiger partial charge < -0.3 is 21.3 Å². The summed E-state index contributed by atoms with van der Waals surface area (Å²) in [4.78, 5) is 47.1. The SMILES string of the molecule is Cc1ccc(S(=O)(=O)NCCN(CCNC(=O)Nc2ccc([N+](=O)[O-])cc2)CCNC(=O)Nc2ccc([N+](=O)[O-])cc2)cc1. The van der Waals surface area contributed by atoms with Crippen molar-refractivity contribution < 1.29 is 27.9 Å². The smallest absolute Gasteiger partial charge is 0.319 e. The lowest BCUT2D eigenvalue weighted by Gasteiger charge is -2.23. The van der Waals surface area contributed by atoms with E-state index in [0.717, 1.165) is 5.56 Å². The van der Waals surface area contributed by atoms with Gasteiger partial charge in [-0.1, -0.05) is 17.7 Å². The normalized spacial score (nSPS) is 11.0. The van der Waals surface area contributed by atoms with E-state index in [1.165, 1.54) is 60.7 Å². The maximum atomic E-state index is 12.7. The Morgan fingerprint density at radius 3 is 1.50 bits per heavy atom. The molecule has 3 rings (SSSR count). The van der Waals surface area contributed by atoms with E-state index in [-0.39, 0.29) is 42.4 Å². The highest BCUT2D eigenvalue weighted by Crippen LogP contribution is 2.16. The monoisotopic (exact) mass is 628 g/mol. The second-order valence-electron chi connectivity index (χ2n) is 9.42. The van der Waals surface area contributed by atoms with Gasteiger partial charge in [-0.3, -0.25) is 25.1 Å². The largest absolute Gasteiger partial charge is 0.337 e. The summed E-state index contributed by atoms with van der Waals surface area (Å²) in [7, 11) is -3.75. The summed E-state index contributed by atoms with van der Waals surface area (Å²) in [5.41, 5.74) is 1.42. The topological polar surface area (TPSA) is 218 Å². The van der Waals surface area contributed by atoms with Gasteiger partial charge >= 0.3 is 12.1 Å². The fourth-order valence-corrected chi connectivity index (χ4v) is 4.83. The molecule has 0 saturated carbocycles. The van der Waals surface area contributed by atoms with Crippen LogP contribution in [-0.4, -0.2) is 74.5 Å². The molecule has 44 heavy (non-hydrogen) atoms. The minimum atomic E-state index is -3.75. The third kappa shape index (κ3) is 10.9. The molecule has 0 unspecified atom stereocenters. The number of nitrogens with zero attached hydrogens (tertiary/aromatic N) is 3. The fourth-order valence-electron chi connectivity index (χ4n) is 3.81. The summed E-state index contributed by atoms with van der Waals surface area (Å²) in [6.07, 6.45) is 0. The summed E-state index contributed by atoms with van der Waals surface area (Å²) in [5.74, 6) is 0. The van der Waals surface area contributed by atoms with E-state index in [1.54, 1.807) is 12.1 Å². The minimum absolute atomic E-state index is 0.0557. The molecule has 0 radical (unpaired) electrons. The van der Waals surface area contributed by atoms with Crippen LogP contribution in [0, 0.1) is 27.2 Å². The zero-order valence-corrected chi connectivity index (χ0v) is 24.5. The maximum Gasteiger partial charge on any atom is 0.319 e.